The number of hydrogen-bond donors (Lipinski definition) is 2. The minimum atomic E-state index is 0. The highest BCUT2D eigenvalue weighted by Gasteiger charge is 2.18. The van der Waals surface area contributed by atoms with Crippen LogP contribution >= 0.6 is 24.8 Å². The van der Waals surface area contributed by atoms with Gasteiger partial charge in [0.1, 0.15) is 5.75 Å². The first-order valence-corrected chi connectivity index (χ1v) is 4.72. The molecule has 0 saturated carbocycles. The molecule has 0 atom stereocenters. The average Bonchev–Trinajstić information content (AvgIpc) is 2.20. The number of hydrogen-bond acceptors (Lipinski definition) is 3. The lowest BCUT2D eigenvalue weighted by Gasteiger charge is -2.22. The molecule has 0 spiro atoms. The first kappa shape index (κ1) is 14.5. The van der Waals surface area contributed by atoms with E-state index in [1.807, 2.05) is 0 Å². The van der Waals surface area contributed by atoms with Gasteiger partial charge in [-0.2, -0.15) is 0 Å². The summed E-state index contributed by atoms with van der Waals surface area (Å²) < 4.78 is 0. The Kier molecular flexibility index (Phi) is 6.65. The maximum atomic E-state index is 9.58. The first-order chi connectivity index (χ1) is 6.38. The van der Waals surface area contributed by atoms with E-state index in [2.05, 4.69) is 10.3 Å². The fourth-order valence-corrected chi connectivity index (χ4v) is 1.82. The van der Waals surface area contributed by atoms with Crippen LogP contribution in [0.4, 0.5) is 0 Å². The summed E-state index contributed by atoms with van der Waals surface area (Å²) >= 11 is 0. The molecule has 1 aliphatic rings. The van der Waals surface area contributed by atoms with Crippen LogP contribution in [-0.4, -0.2) is 23.2 Å². The van der Waals surface area contributed by atoms with Crippen LogP contribution in [0.5, 0.6) is 5.75 Å². The van der Waals surface area contributed by atoms with Crippen LogP contribution in [0.1, 0.15) is 24.5 Å². The average molecular weight is 251 g/mol. The minimum absolute atomic E-state index is 0. The molecule has 1 aromatic heterocycles. The molecule has 2 rings (SSSR count). The number of aromatic hydroxyl groups is 1. The predicted molar refractivity (Wildman–Crippen MR) is 65.2 cm³/mol. The van der Waals surface area contributed by atoms with Gasteiger partial charge in [-0.25, -0.2) is 0 Å². The summed E-state index contributed by atoms with van der Waals surface area (Å²) in [5.74, 6) is 0.775. The Balaban J connectivity index is 0.000000980. The van der Waals surface area contributed by atoms with Crippen LogP contribution in [0.25, 0.3) is 0 Å². The monoisotopic (exact) mass is 250 g/mol. The van der Waals surface area contributed by atoms with Crippen molar-refractivity contribution < 1.29 is 5.11 Å². The van der Waals surface area contributed by atoms with E-state index in [4.69, 9.17) is 0 Å². The topological polar surface area (TPSA) is 45.2 Å². The lowest BCUT2D eigenvalue weighted by Crippen LogP contribution is -2.27. The summed E-state index contributed by atoms with van der Waals surface area (Å²) in [5.41, 5.74) is 0.865. The summed E-state index contributed by atoms with van der Waals surface area (Å²) in [7, 11) is 0. The number of nitrogens with one attached hydrogen (secondary N) is 1. The zero-order chi connectivity index (χ0) is 9.10. The van der Waals surface area contributed by atoms with Crippen LogP contribution in [0.15, 0.2) is 18.3 Å². The zero-order valence-electron chi connectivity index (χ0n) is 8.35. The van der Waals surface area contributed by atoms with Gasteiger partial charge in [-0.05, 0) is 38.1 Å². The van der Waals surface area contributed by atoms with Crippen LogP contribution in [0.3, 0.4) is 0 Å². The molecule has 1 aromatic rings. The molecular formula is C10H16Cl2N2O. The first-order valence-electron chi connectivity index (χ1n) is 4.72. The summed E-state index contributed by atoms with van der Waals surface area (Å²) in [6.07, 6.45) is 3.90. The Hall–Kier alpha value is -0.510. The van der Waals surface area contributed by atoms with Crippen molar-refractivity contribution in [2.45, 2.75) is 18.8 Å². The minimum Gasteiger partial charge on any atom is -0.506 e. The van der Waals surface area contributed by atoms with Gasteiger partial charge in [-0.15, -0.1) is 24.8 Å². The van der Waals surface area contributed by atoms with Crippen molar-refractivity contribution in [2.75, 3.05) is 13.1 Å². The Morgan fingerprint density at radius 1 is 1.27 bits per heavy atom. The van der Waals surface area contributed by atoms with E-state index in [0.717, 1.165) is 31.6 Å². The Labute approximate surface area is 102 Å². The van der Waals surface area contributed by atoms with Crippen LogP contribution in [0, 0.1) is 0 Å². The molecule has 0 aromatic carbocycles. The molecule has 3 nitrogen and oxygen atoms in total. The van der Waals surface area contributed by atoms with E-state index in [9.17, 15) is 5.11 Å². The molecule has 0 bridgehead atoms. The van der Waals surface area contributed by atoms with Gasteiger partial charge >= 0.3 is 0 Å². The van der Waals surface area contributed by atoms with Crippen molar-refractivity contribution in [3.63, 3.8) is 0 Å². The molecule has 1 fully saturated rings. The highest BCUT2D eigenvalue weighted by molar-refractivity contribution is 5.85. The van der Waals surface area contributed by atoms with Gasteiger partial charge in [0.05, 0.1) is 5.69 Å². The molecule has 0 aliphatic carbocycles. The standard InChI is InChI=1S/C10H14N2O.2ClH/c13-9-2-1-5-12-10(9)8-3-6-11-7-4-8;;/h1-2,5,8,11,13H,3-4,6-7H2;2*1H. The van der Waals surface area contributed by atoms with Gasteiger partial charge in [-0.3, -0.25) is 4.98 Å². The van der Waals surface area contributed by atoms with Crippen molar-refractivity contribution >= 4 is 24.8 Å². The number of rotatable bonds is 1. The molecule has 0 amide bonds. The fraction of sp³-hybridized carbons (Fsp3) is 0.500. The van der Waals surface area contributed by atoms with Crippen molar-refractivity contribution in [3.05, 3.63) is 24.0 Å². The lowest BCUT2D eigenvalue weighted by atomic mass is 9.94. The Bertz CT molecular complexity index is 291. The smallest absolute Gasteiger partial charge is 0.137 e. The van der Waals surface area contributed by atoms with Gasteiger partial charge in [0, 0.05) is 12.1 Å². The molecule has 5 heteroatoms. The van der Waals surface area contributed by atoms with Gasteiger partial charge in [0.15, 0.2) is 0 Å². The second-order valence-corrected chi connectivity index (χ2v) is 3.43. The molecule has 1 aliphatic heterocycles. The quantitative estimate of drug-likeness (QED) is 0.803. The Morgan fingerprint density at radius 3 is 2.53 bits per heavy atom. The highest BCUT2D eigenvalue weighted by atomic mass is 35.5. The van der Waals surface area contributed by atoms with Crippen molar-refractivity contribution in [1.82, 2.24) is 10.3 Å². The predicted octanol–water partition coefficient (Wildman–Crippen LogP) is 2.10. The number of nitrogens with zero attached hydrogens (tertiary/aromatic N) is 1. The van der Waals surface area contributed by atoms with E-state index in [-0.39, 0.29) is 24.8 Å². The van der Waals surface area contributed by atoms with E-state index < -0.39 is 0 Å². The summed E-state index contributed by atoms with van der Waals surface area (Å²) in [6.45, 7) is 2.06. The summed E-state index contributed by atoms with van der Waals surface area (Å²) in [4.78, 5) is 4.22. The zero-order valence-corrected chi connectivity index (χ0v) is 9.98. The molecular weight excluding hydrogens is 235 g/mol. The third-order valence-corrected chi connectivity index (χ3v) is 2.54. The van der Waals surface area contributed by atoms with E-state index in [1.165, 1.54) is 0 Å². The van der Waals surface area contributed by atoms with E-state index in [1.54, 1.807) is 18.3 Å². The Morgan fingerprint density at radius 2 is 1.93 bits per heavy atom. The van der Waals surface area contributed by atoms with E-state index >= 15 is 0 Å². The second-order valence-electron chi connectivity index (χ2n) is 3.43. The highest BCUT2D eigenvalue weighted by Crippen LogP contribution is 2.29. The number of aromatic nitrogens is 1. The number of piperidine rings is 1. The molecule has 2 N–H and O–H groups in total. The van der Waals surface area contributed by atoms with Gasteiger partial charge < -0.3 is 10.4 Å². The maximum Gasteiger partial charge on any atom is 0.137 e. The number of halogens is 2. The molecule has 0 radical (unpaired) electrons. The number of pyridine rings is 1. The third kappa shape index (κ3) is 3.52. The van der Waals surface area contributed by atoms with Crippen molar-refractivity contribution in [1.29, 1.82) is 0 Å². The maximum absolute atomic E-state index is 9.58. The van der Waals surface area contributed by atoms with Gasteiger partial charge in [0.25, 0.3) is 0 Å². The fourth-order valence-electron chi connectivity index (χ4n) is 1.82. The largest absolute Gasteiger partial charge is 0.506 e. The van der Waals surface area contributed by atoms with Crippen LogP contribution in [-0.2, 0) is 0 Å². The van der Waals surface area contributed by atoms with Crippen molar-refractivity contribution in [2.24, 2.45) is 0 Å². The van der Waals surface area contributed by atoms with E-state index in [0.29, 0.717) is 11.7 Å². The normalized spacial score (nSPS) is 16.3. The third-order valence-electron chi connectivity index (χ3n) is 2.54. The molecule has 86 valence electrons. The van der Waals surface area contributed by atoms with Gasteiger partial charge in [-0.1, -0.05) is 0 Å². The molecule has 0 unspecified atom stereocenters. The molecule has 1 saturated heterocycles. The SMILES string of the molecule is Cl.Cl.Oc1cccnc1C1CCNCC1. The second kappa shape index (κ2) is 6.88. The molecule has 2 heterocycles. The lowest BCUT2D eigenvalue weighted by molar-refractivity contribution is 0.416. The van der Waals surface area contributed by atoms with Crippen LogP contribution in [0.2, 0.25) is 0 Å². The summed E-state index contributed by atoms with van der Waals surface area (Å²) in [6, 6.07) is 3.48. The summed E-state index contributed by atoms with van der Waals surface area (Å²) in [5, 5.41) is 12.9. The van der Waals surface area contributed by atoms with Crippen LogP contribution < -0.4 is 5.32 Å². The van der Waals surface area contributed by atoms with Crippen molar-refractivity contribution in [3.8, 4) is 5.75 Å². The van der Waals surface area contributed by atoms with Gasteiger partial charge in [0.2, 0.25) is 0 Å². The molecule has 15 heavy (non-hydrogen) atoms.